The first kappa shape index (κ1) is 13.7. The number of thioether (sulfide) groups is 1. The lowest BCUT2D eigenvalue weighted by molar-refractivity contribution is 0.252. The highest BCUT2D eigenvalue weighted by Gasteiger charge is 2.06. The molecular weight excluding hydrogens is 268 g/mol. The van der Waals surface area contributed by atoms with E-state index < -0.39 is 5.76 Å². The summed E-state index contributed by atoms with van der Waals surface area (Å²) in [5.41, 5.74) is 1.57. The zero-order valence-corrected chi connectivity index (χ0v) is 11.1. The molecule has 1 aromatic heterocycles. The van der Waals surface area contributed by atoms with Crippen LogP contribution in [0.15, 0.2) is 41.3 Å². The fraction of sp³-hybridized carbons (Fsp3) is 0.231. The van der Waals surface area contributed by atoms with E-state index in [-0.39, 0.29) is 0 Å². The fourth-order valence-electron chi connectivity index (χ4n) is 1.57. The Morgan fingerprint density at radius 1 is 1.11 bits per heavy atom. The molecule has 1 heterocycles. The van der Waals surface area contributed by atoms with Crippen molar-refractivity contribution in [2.75, 3.05) is 11.9 Å². The monoisotopic (exact) mass is 281 g/mol. The molecule has 1 aromatic carbocycles. The average molecular weight is 281 g/mol. The normalized spacial score (nSPS) is 10.7. The second kappa shape index (κ2) is 6.47. The third-order valence-corrected chi connectivity index (χ3v) is 3.12. The van der Waals surface area contributed by atoms with Gasteiger partial charge in [0.25, 0.3) is 5.76 Å². The predicted molar refractivity (Wildman–Crippen MR) is 73.5 cm³/mol. The number of nitrogens with one attached hydrogen (secondary N) is 1. The van der Waals surface area contributed by atoms with Crippen molar-refractivity contribution in [1.82, 2.24) is 10.2 Å². The van der Waals surface area contributed by atoms with Gasteiger partial charge in [-0.1, -0.05) is 23.9 Å². The van der Waals surface area contributed by atoms with Crippen molar-refractivity contribution in [3.63, 3.8) is 0 Å². The summed E-state index contributed by atoms with van der Waals surface area (Å²) >= 11 is 0.532. The summed E-state index contributed by atoms with van der Waals surface area (Å²) in [5.74, 6) is -1.68. The zero-order chi connectivity index (χ0) is 13.7. The van der Waals surface area contributed by atoms with Gasteiger partial charge in [-0.15, -0.1) is 10.2 Å². The maximum atomic E-state index is 12.2. The van der Waals surface area contributed by atoms with E-state index in [2.05, 4.69) is 15.5 Å². The van der Waals surface area contributed by atoms with Gasteiger partial charge in [-0.2, -0.15) is 8.78 Å². The highest BCUT2D eigenvalue weighted by molar-refractivity contribution is 7.99. The number of nitrogens with zero attached hydrogens (tertiary/aromatic N) is 2. The summed E-state index contributed by atoms with van der Waals surface area (Å²) in [6.45, 7) is 2.77. The third kappa shape index (κ3) is 3.89. The lowest BCUT2D eigenvalue weighted by atomic mass is 10.1. The second-order valence-electron chi connectivity index (χ2n) is 3.74. The fourth-order valence-corrected chi connectivity index (χ4v) is 2.07. The Morgan fingerprint density at radius 3 is 2.37 bits per heavy atom. The molecule has 0 amide bonds. The first-order chi connectivity index (χ1) is 9.19. The minimum atomic E-state index is -2.40. The van der Waals surface area contributed by atoms with Gasteiger partial charge in [0, 0.05) is 17.0 Å². The molecule has 6 heteroatoms. The van der Waals surface area contributed by atoms with Gasteiger partial charge >= 0.3 is 0 Å². The summed E-state index contributed by atoms with van der Waals surface area (Å²) in [4.78, 5) is 0.538. The molecule has 2 rings (SSSR count). The molecule has 0 fully saturated rings. The van der Waals surface area contributed by atoms with Crippen LogP contribution in [0.4, 0.5) is 14.6 Å². The van der Waals surface area contributed by atoms with Crippen molar-refractivity contribution in [2.24, 2.45) is 0 Å². The van der Waals surface area contributed by atoms with E-state index in [9.17, 15) is 8.78 Å². The van der Waals surface area contributed by atoms with Crippen LogP contribution in [0.1, 0.15) is 6.92 Å². The molecule has 0 spiro atoms. The molecule has 0 atom stereocenters. The van der Waals surface area contributed by atoms with Crippen molar-refractivity contribution >= 4 is 17.6 Å². The quantitative estimate of drug-likeness (QED) is 0.844. The molecule has 100 valence electrons. The topological polar surface area (TPSA) is 37.8 Å². The Labute approximate surface area is 114 Å². The molecule has 0 saturated carbocycles. The van der Waals surface area contributed by atoms with Gasteiger partial charge in [-0.05, 0) is 31.2 Å². The van der Waals surface area contributed by atoms with Gasteiger partial charge in [0.05, 0.1) is 5.69 Å². The Balaban J connectivity index is 2.13. The number of rotatable bonds is 5. The molecule has 19 heavy (non-hydrogen) atoms. The minimum Gasteiger partial charge on any atom is -0.369 e. The van der Waals surface area contributed by atoms with Crippen molar-refractivity contribution < 1.29 is 8.78 Å². The van der Waals surface area contributed by atoms with E-state index >= 15 is 0 Å². The summed E-state index contributed by atoms with van der Waals surface area (Å²) in [5, 5.41) is 11.2. The minimum absolute atomic E-state index is 0.532. The second-order valence-corrected chi connectivity index (χ2v) is 4.80. The molecule has 3 nitrogen and oxygen atoms in total. The molecule has 0 unspecified atom stereocenters. The number of hydrogen-bond donors (Lipinski definition) is 1. The summed E-state index contributed by atoms with van der Waals surface area (Å²) in [6, 6.07) is 10.5. The molecule has 2 aromatic rings. The zero-order valence-electron chi connectivity index (χ0n) is 10.3. The predicted octanol–water partition coefficient (Wildman–Crippen LogP) is 3.89. The molecule has 1 N–H and O–H groups in total. The maximum absolute atomic E-state index is 12.2. The first-order valence-corrected chi connectivity index (χ1v) is 6.70. The number of halogens is 2. The number of benzene rings is 1. The van der Waals surface area contributed by atoms with Crippen LogP contribution in [0, 0.1) is 0 Å². The molecular formula is C13H13F2N3S. The van der Waals surface area contributed by atoms with E-state index in [0.29, 0.717) is 16.7 Å². The summed E-state index contributed by atoms with van der Waals surface area (Å²) in [6.07, 6.45) is 0. The van der Waals surface area contributed by atoms with E-state index in [4.69, 9.17) is 0 Å². The number of anilines is 1. The Bertz CT molecular complexity index is 514. The van der Waals surface area contributed by atoms with Crippen LogP contribution in [-0.2, 0) is 0 Å². The van der Waals surface area contributed by atoms with Gasteiger partial charge in [0.15, 0.2) is 0 Å². The molecule has 0 aliphatic carbocycles. The van der Waals surface area contributed by atoms with Crippen molar-refractivity contribution in [1.29, 1.82) is 0 Å². The van der Waals surface area contributed by atoms with Gasteiger partial charge < -0.3 is 5.32 Å². The first-order valence-electron chi connectivity index (χ1n) is 5.82. The van der Waals surface area contributed by atoms with Crippen LogP contribution < -0.4 is 5.32 Å². The molecule has 0 aliphatic rings. The van der Waals surface area contributed by atoms with E-state index in [0.717, 1.165) is 23.6 Å². The Hall–Kier alpha value is -1.69. The molecule has 0 saturated heterocycles. The standard InChI is InChI=1S/C13H13F2N3S/c1-2-16-12-8-7-11(17-18-12)9-3-5-10(6-4-9)19-13(14)15/h3-8,13H,2H2,1H3,(H,16,18). The lowest BCUT2D eigenvalue weighted by Gasteiger charge is -2.04. The van der Waals surface area contributed by atoms with Gasteiger partial charge in [0.2, 0.25) is 0 Å². The lowest BCUT2D eigenvalue weighted by Crippen LogP contribution is -2.00. The third-order valence-electron chi connectivity index (χ3n) is 2.40. The van der Waals surface area contributed by atoms with Crippen LogP contribution in [0.25, 0.3) is 11.3 Å². The van der Waals surface area contributed by atoms with Crippen molar-refractivity contribution in [3.8, 4) is 11.3 Å². The van der Waals surface area contributed by atoms with E-state index in [1.165, 1.54) is 0 Å². The molecule has 0 radical (unpaired) electrons. The summed E-state index contributed by atoms with van der Waals surface area (Å²) < 4.78 is 24.4. The van der Waals surface area contributed by atoms with Crippen LogP contribution in [-0.4, -0.2) is 22.5 Å². The highest BCUT2D eigenvalue weighted by atomic mass is 32.2. The van der Waals surface area contributed by atoms with Gasteiger partial charge in [-0.3, -0.25) is 0 Å². The number of aromatic nitrogens is 2. The Morgan fingerprint density at radius 2 is 1.84 bits per heavy atom. The summed E-state index contributed by atoms with van der Waals surface area (Å²) in [7, 11) is 0. The SMILES string of the molecule is CCNc1ccc(-c2ccc(SC(F)F)cc2)nn1. The largest absolute Gasteiger partial charge is 0.369 e. The van der Waals surface area contributed by atoms with Crippen molar-refractivity contribution in [2.45, 2.75) is 17.6 Å². The van der Waals surface area contributed by atoms with Crippen LogP contribution in [0.2, 0.25) is 0 Å². The van der Waals surface area contributed by atoms with Crippen molar-refractivity contribution in [3.05, 3.63) is 36.4 Å². The Kier molecular flexibility index (Phi) is 4.68. The maximum Gasteiger partial charge on any atom is 0.288 e. The molecule has 0 bridgehead atoms. The highest BCUT2D eigenvalue weighted by Crippen LogP contribution is 2.27. The number of hydrogen-bond acceptors (Lipinski definition) is 4. The van der Waals surface area contributed by atoms with Gasteiger partial charge in [0.1, 0.15) is 5.82 Å². The van der Waals surface area contributed by atoms with Crippen LogP contribution in [0.3, 0.4) is 0 Å². The van der Waals surface area contributed by atoms with E-state index in [1.54, 1.807) is 24.3 Å². The van der Waals surface area contributed by atoms with E-state index in [1.807, 2.05) is 19.1 Å². The smallest absolute Gasteiger partial charge is 0.288 e. The van der Waals surface area contributed by atoms with Gasteiger partial charge in [-0.25, -0.2) is 0 Å². The molecule has 0 aliphatic heterocycles. The van der Waals surface area contributed by atoms with Crippen LogP contribution in [0.5, 0.6) is 0 Å². The number of alkyl halides is 2. The average Bonchev–Trinajstić information content (AvgIpc) is 2.40. The van der Waals surface area contributed by atoms with Crippen LogP contribution >= 0.6 is 11.8 Å².